The van der Waals surface area contributed by atoms with E-state index in [-0.39, 0.29) is 17.9 Å². The van der Waals surface area contributed by atoms with Crippen molar-refractivity contribution in [2.24, 2.45) is 11.7 Å². The van der Waals surface area contributed by atoms with Crippen LogP contribution in [-0.4, -0.2) is 37.5 Å². The molecule has 18 heavy (non-hydrogen) atoms. The summed E-state index contributed by atoms with van der Waals surface area (Å²) in [5, 5.41) is 2.91. The molecule has 3 N–H and O–H groups in total. The summed E-state index contributed by atoms with van der Waals surface area (Å²) in [6.07, 6.45) is 0. The average Bonchev–Trinajstić information content (AvgIpc) is 2.82. The Hall–Kier alpha value is -1.04. The van der Waals surface area contributed by atoms with Gasteiger partial charge in [0.05, 0.1) is 19.1 Å². The van der Waals surface area contributed by atoms with E-state index in [2.05, 4.69) is 17.4 Å². The van der Waals surface area contributed by atoms with E-state index in [1.165, 1.54) is 4.90 Å². The lowest BCUT2D eigenvalue weighted by Gasteiger charge is -2.13. The predicted octanol–water partition coefficient (Wildman–Crippen LogP) is 0.869. The molecule has 0 aliphatic carbocycles. The maximum atomic E-state index is 11.8. The second-order valence-corrected chi connectivity index (χ2v) is 5.43. The molecule has 1 saturated heterocycles. The number of benzene rings is 1. The molecule has 5 heteroatoms. The van der Waals surface area contributed by atoms with Crippen molar-refractivity contribution in [3.63, 3.8) is 0 Å². The molecule has 1 aliphatic heterocycles. The van der Waals surface area contributed by atoms with Crippen LogP contribution in [0.1, 0.15) is 0 Å². The number of ether oxygens (including phenoxy) is 1. The standard InChI is InChI=1S/C13H18N2O2S/c14-12-9-17-8-11(12)13(16)15-6-7-18-10-4-2-1-3-5-10/h1-5,11-12H,6-9,14H2,(H,15,16). The summed E-state index contributed by atoms with van der Waals surface area (Å²) in [7, 11) is 0. The first-order valence-corrected chi connectivity index (χ1v) is 7.05. The summed E-state index contributed by atoms with van der Waals surface area (Å²) in [5.41, 5.74) is 5.78. The van der Waals surface area contributed by atoms with Crippen LogP contribution in [0.5, 0.6) is 0 Å². The third-order valence-corrected chi connectivity index (χ3v) is 3.89. The van der Waals surface area contributed by atoms with Crippen molar-refractivity contribution in [3.8, 4) is 0 Å². The van der Waals surface area contributed by atoms with Gasteiger partial charge in [-0.2, -0.15) is 0 Å². The Morgan fingerprint density at radius 2 is 2.17 bits per heavy atom. The molecule has 98 valence electrons. The molecule has 1 fully saturated rings. The van der Waals surface area contributed by atoms with Gasteiger partial charge in [-0.25, -0.2) is 0 Å². The van der Waals surface area contributed by atoms with Gasteiger partial charge in [-0.05, 0) is 12.1 Å². The van der Waals surface area contributed by atoms with Crippen molar-refractivity contribution in [2.45, 2.75) is 10.9 Å². The minimum atomic E-state index is -0.188. The van der Waals surface area contributed by atoms with Crippen LogP contribution in [-0.2, 0) is 9.53 Å². The van der Waals surface area contributed by atoms with Crippen molar-refractivity contribution >= 4 is 17.7 Å². The van der Waals surface area contributed by atoms with Crippen LogP contribution in [0.25, 0.3) is 0 Å². The minimum Gasteiger partial charge on any atom is -0.379 e. The summed E-state index contributed by atoms with van der Waals surface area (Å²) in [5.74, 6) is 0.679. The van der Waals surface area contributed by atoms with Crippen molar-refractivity contribution in [1.29, 1.82) is 0 Å². The fourth-order valence-corrected chi connectivity index (χ4v) is 2.62. The molecular weight excluding hydrogens is 248 g/mol. The summed E-state index contributed by atoms with van der Waals surface area (Å²) < 4.78 is 5.18. The Bertz CT molecular complexity index is 386. The SMILES string of the molecule is NC1COCC1C(=O)NCCSc1ccccc1. The summed E-state index contributed by atoms with van der Waals surface area (Å²) in [6, 6.07) is 9.98. The predicted molar refractivity (Wildman–Crippen MR) is 72.5 cm³/mol. The topological polar surface area (TPSA) is 64.3 Å². The van der Waals surface area contributed by atoms with Crippen molar-refractivity contribution < 1.29 is 9.53 Å². The van der Waals surface area contributed by atoms with Gasteiger partial charge in [-0.15, -0.1) is 11.8 Å². The maximum Gasteiger partial charge on any atom is 0.227 e. The number of carbonyl (C=O) groups excluding carboxylic acids is 1. The lowest BCUT2D eigenvalue weighted by molar-refractivity contribution is -0.125. The van der Waals surface area contributed by atoms with Crippen molar-refractivity contribution in [2.75, 3.05) is 25.5 Å². The highest BCUT2D eigenvalue weighted by molar-refractivity contribution is 7.99. The number of thioether (sulfide) groups is 1. The average molecular weight is 266 g/mol. The Morgan fingerprint density at radius 3 is 2.83 bits per heavy atom. The minimum absolute atomic E-state index is 0.00802. The molecule has 1 heterocycles. The Morgan fingerprint density at radius 1 is 1.39 bits per heavy atom. The number of amides is 1. The first-order chi connectivity index (χ1) is 8.77. The Balaban J connectivity index is 1.65. The van der Waals surface area contributed by atoms with E-state index in [9.17, 15) is 4.79 Å². The van der Waals surface area contributed by atoms with Gasteiger partial charge < -0.3 is 15.8 Å². The molecular formula is C13H18N2O2S. The summed E-state index contributed by atoms with van der Waals surface area (Å²) >= 11 is 1.73. The molecule has 1 aliphatic rings. The van der Waals surface area contributed by atoms with Gasteiger partial charge in [0.15, 0.2) is 0 Å². The van der Waals surface area contributed by atoms with Crippen LogP contribution in [0.3, 0.4) is 0 Å². The van der Waals surface area contributed by atoms with Crippen molar-refractivity contribution in [1.82, 2.24) is 5.32 Å². The zero-order valence-electron chi connectivity index (χ0n) is 10.2. The second-order valence-electron chi connectivity index (χ2n) is 4.26. The van der Waals surface area contributed by atoms with E-state index in [1.807, 2.05) is 18.2 Å². The Kier molecular flexibility index (Phi) is 5.04. The molecule has 4 nitrogen and oxygen atoms in total. The number of carbonyl (C=O) groups is 1. The van der Waals surface area contributed by atoms with Gasteiger partial charge in [0.1, 0.15) is 0 Å². The first-order valence-electron chi connectivity index (χ1n) is 6.06. The van der Waals surface area contributed by atoms with Crippen molar-refractivity contribution in [3.05, 3.63) is 30.3 Å². The van der Waals surface area contributed by atoms with Gasteiger partial charge in [-0.3, -0.25) is 4.79 Å². The van der Waals surface area contributed by atoms with Crippen LogP contribution in [0, 0.1) is 5.92 Å². The molecule has 1 aromatic rings. The van der Waals surface area contributed by atoms with E-state index in [0.717, 1.165) is 5.75 Å². The van der Waals surface area contributed by atoms with Gasteiger partial charge in [0.25, 0.3) is 0 Å². The number of nitrogens with one attached hydrogen (secondary N) is 1. The summed E-state index contributed by atoms with van der Waals surface area (Å²) in [4.78, 5) is 13.0. The molecule has 0 bridgehead atoms. The van der Waals surface area contributed by atoms with E-state index >= 15 is 0 Å². The van der Waals surface area contributed by atoms with E-state index in [4.69, 9.17) is 10.5 Å². The van der Waals surface area contributed by atoms with Gasteiger partial charge in [0, 0.05) is 23.2 Å². The molecule has 0 saturated carbocycles. The monoisotopic (exact) mass is 266 g/mol. The number of nitrogens with two attached hydrogens (primary N) is 1. The van der Waals surface area contributed by atoms with Crippen LogP contribution in [0.15, 0.2) is 35.2 Å². The fourth-order valence-electron chi connectivity index (χ4n) is 1.83. The van der Waals surface area contributed by atoms with Crippen LogP contribution >= 0.6 is 11.8 Å². The van der Waals surface area contributed by atoms with E-state index < -0.39 is 0 Å². The number of hydrogen-bond donors (Lipinski definition) is 2. The fraction of sp³-hybridized carbons (Fsp3) is 0.462. The smallest absolute Gasteiger partial charge is 0.227 e. The first kappa shape index (κ1) is 13.4. The van der Waals surface area contributed by atoms with E-state index in [0.29, 0.717) is 19.8 Å². The van der Waals surface area contributed by atoms with Crippen LogP contribution in [0.2, 0.25) is 0 Å². The molecule has 0 aromatic heterocycles. The van der Waals surface area contributed by atoms with Crippen LogP contribution < -0.4 is 11.1 Å². The normalized spacial score (nSPS) is 22.9. The zero-order chi connectivity index (χ0) is 12.8. The molecule has 0 radical (unpaired) electrons. The third kappa shape index (κ3) is 3.73. The molecule has 0 spiro atoms. The van der Waals surface area contributed by atoms with Gasteiger partial charge in [-0.1, -0.05) is 18.2 Å². The Labute approximate surface area is 111 Å². The van der Waals surface area contributed by atoms with Crippen LogP contribution in [0.4, 0.5) is 0 Å². The highest BCUT2D eigenvalue weighted by Gasteiger charge is 2.30. The highest BCUT2D eigenvalue weighted by atomic mass is 32.2. The largest absolute Gasteiger partial charge is 0.379 e. The highest BCUT2D eigenvalue weighted by Crippen LogP contribution is 2.16. The van der Waals surface area contributed by atoms with E-state index in [1.54, 1.807) is 11.8 Å². The van der Waals surface area contributed by atoms with Gasteiger partial charge >= 0.3 is 0 Å². The lowest BCUT2D eigenvalue weighted by atomic mass is 10.0. The molecule has 2 atom stereocenters. The molecule has 2 rings (SSSR count). The number of hydrogen-bond acceptors (Lipinski definition) is 4. The third-order valence-electron chi connectivity index (χ3n) is 2.87. The number of rotatable bonds is 5. The zero-order valence-corrected chi connectivity index (χ0v) is 11.0. The second kappa shape index (κ2) is 6.78. The summed E-state index contributed by atoms with van der Waals surface area (Å²) in [6.45, 7) is 1.58. The van der Waals surface area contributed by atoms with Gasteiger partial charge in [0.2, 0.25) is 5.91 Å². The molecule has 1 amide bonds. The quantitative estimate of drug-likeness (QED) is 0.613. The maximum absolute atomic E-state index is 11.8. The lowest BCUT2D eigenvalue weighted by Crippen LogP contribution is -2.41. The molecule has 2 unspecified atom stereocenters. The molecule has 1 aromatic carbocycles.